The van der Waals surface area contributed by atoms with Crippen LogP contribution in [-0.4, -0.2) is 67.8 Å². The van der Waals surface area contributed by atoms with Crippen molar-refractivity contribution in [3.63, 3.8) is 0 Å². The van der Waals surface area contributed by atoms with E-state index in [0.29, 0.717) is 18.5 Å². The zero-order chi connectivity index (χ0) is 23.4. The third-order valence-electron chi connectivity index (χ3n) is 5.81. The first-order valence-corrected chi connectivity index (χ1v) is 12.3. The number of aliphatic hydroxyl groups is 1. The van der Waals surface area contributed by atoms with Crippen LogP contribution in [0.25, 0.3) is 0 Å². The molecule has 10 heteroatoms. The minimum Gasteiger partial charge on any atom is -0.389 e. The molecule has 33 heavy (non-hydrogen) atoms. The van der Waals surface area contributed by atoms with Crippen LogP contribution >= 0.6 is 0 Å². The number of carbonyl (C=O) groups excluding carboxylic acids is 1. The van der Waals surface area contributed by atoms with Gasteiger partial charge in [-0.3, -0.25) is 4.79 Å². The second-order valence-electron chi connectivity index (χ2n) is 8.28. The number of hydrogen-bond acceptors (Lipinski definition) is 6. The van der Waals surface area contributed by atoms with Crippen molar-refractivity contribution < 1.29 is 32.2 Å². The fourth-order valence-corrected chi connectivity index (χ4v) is 6.02. The highest BCUT2D eigenvalue weighted by Crippen LogP contribution is 2.31. The number of ether oxygens (including phenoxy) is 2. The molecule has 0 saturated carbocycles. The highest BCUT2D eigenvalue weighted by atomic mass is 32.2. The van der Waals surface area contributed by atoms with Gasteiger partial charge in [-0.2, -0.15) is 4.31 Å². The molecule has 2 fully saturated rings. The van der Waals surface area contributed by atoms with Crippen molar-refractivity contribution in [3.8, 4) is 0 Å². The molecule has 2 N–H and O–H groups in total. The number of halogens is 1. The number of anilines is 1. The smallest absolute Gasteiger partial charge is 0.243 e. The number of amides is 1. The molecular formula is C23H27FN2O6S. The lowest BCUT2D eigenvalue weighted by atomic mass is 9.96. The van der Waals surface area contributed by atoms with Crippen LogP contribution in [0.2, 0.25) is 0 Å². The van der Waals surface area contributed by atoms with Crippen molar-refractivity contribution in [2.24, 2.45) is 0 Å². The van der Waals surface area contributed by atoms with E-state index in [0.717, 1.165) is 6.07 Å². The summed E-state index contributed by atoms with van der Waals surface area (Å²) in [6.45, 7) is -0.169. The maximum Gasteiger partial charge on any atom is 0.243 e. The highest BCUT2D eigenvalue weighted by molar-refractivity contribution is 7.89. The SMILES string of the molecule is O=C(C[C@@H]1CC[C@H]2[C@@H](COC[C@@H](O)CN2S(=O)(=O)c2cccc(F)c2)O1)Nc1ccccc1. The van der Waals surface area contributed by atoms with Gasteiger partial charge < -0.3 is 19.9 Å². The van der Waals surface area contributed by atoms with Crippen molar-refractivity contribution >= 4 is 21.6 Å². The number of para-hydroxylation sites is 1. The molecule has 4 rings (SSSR count). The topological polar surface area (TPSA) is 105 Å². The molecule has 0 aromatic heterocycles. The largest absolute Gasteiger partial charge is 0.389 e. The third-order valence-corrected chi connectivity index (χ3v) is 7.69. The van der Waals surface area contributed by atoms with E-state index in [1.807, 2.05) is 18.2 Å². The summed E-state index contributed by atoms with van der Waals surface area (Å²) < 4.78 is 53.3. The Labute approximate surface area is 192 Å². The molecule has 2 aliphatic rings. The Morgan fingerprint density at radius 2 is 1.91 bits per heavy atom. The van der Waals surface area contributed by atoms with Gasteiger partial charge in [0.15, 0.2) is 0 Å². The van der Waals surface area contributed by atoms with E-state index in [1.165, 1.54) is 22.5 Å². The summed E-state index contributed by atoms with van der Waals surface area (Å²) in [6, 6.07) is 13.3. The first-order valence-electron chi connectivity index (χ1n) is 10.9. The number of nitrogens with zero attached hydrogens (tertiary/aromatic N) is 1. The van der Waals surface area contributed by atoms with E-state index in [4.69, 9.17) is 9.47 Å². The van der Waals surface area contributed by atoms with Gasteiger partial charge in [0.2, 0.25) is 15.9 Å². The monoisotopic (exact) mass is 478 g/mol. The van der Waals surface area contributed by atoms with Crippen LogP contribution in [0, 0.1) is 5.82 Å². The second kappa shape index (κ2) is 10.3. The highest BCUT2D eigenvalue weighted by Gasteiger charge is 2.43. The molecule has 0 spiro atoms. The number of nitrogens with one attached hydrogen (secondary N) is 1. The number of benzene rings is 2. The fourth-order valence-electron chi connectivity index (χ4n) is 4.27. The molecule has 2 aliphatic heterocycles. The maximum atomic E-state index is 13.7. The predicted octanol–water partition coefficient (Wildman–Crippen LogP) is 2.15. The number of hydrogen-bond donors (Lipinski definition) is 2. The summed E-state index contributed by atoms with van der Waals surface area (Å²) in [4.78, 5) is 12.3. The first kappa shape index (κ1) is 23.8. The van der Waals surface area contributed by atoms with E-state index in [-0.39, 0.29) is 37.0 Å². The van der Waals surface area contributed by atoms with E-state index in [9.17, 15) is 22.7 Å². The summed E-state index contributed by atoms with van der Waals surface area (Å²) in [6.07, 6.45) is -1.06. The van der Waals surface area contributed by atoms with E-state index in [1.54, 1.807) is 12.1 Å². The van der Waals surface area contributed by atoms with Gasteiger partial charge in [-0.05, 0) is 43.2 Å². The lowest BCUT2D eigenvalue weighted by molar-refractivity contribution is -0.144. The van der Waals surface area contributed by atoms with Crippen LogP contribution in [0.15, 0.2) is 59.5 Å². The molecule has 2 heterocycles. The van der Waals surface area contributed by atoms with Crippen molar-refractivity contribution in [2.75, 3.05) is 25.1 Å². The Morgan fingerprint density at radius 1 is 1.12 bits per heavy atom. The van der Waals surface area contributed by atoms with Gasteiger partial charge in [-0.25, -0.2) is 12.8 Å². The van der Waals surface area contributed by atoms with Crippen LogP contribution in [0.1, 0.15) is 19.3 Å². The van der Waals surface area contributed by atoms with Crippen LogP contribution < -0.4 is 5.32 Å². The lowest BCUT2D eigenvalue weighted by Crippen LogP contribution is -2.57. The molecular weight excluding hydrogens is 451 g/mol. The zero-order valence-electron chi connectivity index (χ0n) is 18.0. The second-order valence-corrected chi connectivity index (χ2v) is 10.2. The number of rotatable bonds is 5. The Morgan fingerprint density at radius 3 is 2.67 bits per heavy atom. The molecule has 178 valence electrons. The minimum atomic E-state index is -4.09. The Hall–Kier alpha value is -2.37. The molecule has 2 aromatic rings. The van der Waals surface area contributed by atoms with Crippen LogP contribution in [-0.2, 0) is 24.3 Å². The van der Waals surface area contributed by atoms with Gasteiger partial charge in [0.25, 0.3) is 0 Å². The molecule has 1 amide bonds. The molecule has 0 unspecified atom stereocenters. The summed E-state index contributed by atoms with van der Waals surface area (Å²) in [7, 11) is -4.09. The molecule has 0 aliphatic carbocycles. The van der Waals surface area contributed by atoms with E-state index >= 15 is 0 Å². The van der Waals surface area contributed by atoms with Gasteiger partial charge >= 0.3 is 0 Å². The van der Waals surface area contributed by atoms with Crippen molar-refractivity contribution in [1.29, 1.82) is 0 Å². The van der Waals surface area contributed by atoms with Crippen LogP contribution in [0.5, 0.6) is 0 Å². The number of sulfonamides is 1. The molecule has 2 aromatic carbocycles. The normalized spacial score (nSPS) is 26.6. The van der Waals surface area contributed by atoms with Gasteiger partial charge in [0.05, 0.1) is 48.9 Å². The van der Waals surface area contributed by atoms with Gasteiger partial charge in [-0.1, -0.05) is 24.3 Å². The summed E-state index contributed by atoms with van der Waals surface area (Å²) in [5.41, 5.74) is 0.687. The number of carbonyl (C=O) groups is 1. The van der Waals surface area contributed by atoms with Crippen molar-refractivity contribution in [1.82, 2.24) is 4.31 Å². The summed E-state index contributed by atoms with van der Waals surface area (Å²) in [5, 5.41) is 13.1. The molecule has 8 nitrogen and oxygen atoms in total. The average molecular weight is 479 g/mol. The number of aliphatic hydroxyl groups excluding tert-OH is 1. The van der Waals surface area contributed by atoms with Crippen molar-refractivity contribution in [3.05, 3.63) is 60.4 Å². The van der Waals surface area contributed by atoms with Gasteiger partial charge in [0.1, 0.15) is 5.82 Å². The maximum absolute atomic E-state index is 13.7. The summed E-state index contributed by atoms with van der Waals surface area (Å²) >= 11 is 0. The summed E-state index contributed by atoms with van der Waals surface area (Å²) in [5.74, 6) is -0.857. The molecule has 2 saturated heterocycles. The number of fused-ring (bicyclic) bond motifs is 1. The van der Waals surface area contributed by atoms with Gasteiger partial charge in [0, 0.05) is 12.2 Å². The fraction of sp³-hybridized carbons (Fsp3) is 0.435. The first-order chi connectivity index (χ1) is 15.8. The van der Waals surface area contributed by atoms with E-state index in [2.05, 4.69) is 5.32 Å². The Bertz CT molecular complexity index is 1070. The quantitative estimate of drug-likeness (QED) is 0.682. The Kier molecular flexibility index (Phi) is 7.40. The molecule has 4 atom stereocenters. The molecule has 0 radical (unpaired) electrons. The predicted molar refractivity (Wildman–Crippen MR) is 118 cm³/mol. The lowest BCUT2D eigenvalue weighted by Gasteiger charge is -2.43. The van der Waals surface area contributed by atoms with Crippen LogP contribution in [0.4, 0.5) is 10.1 Å². The van der Waals surface area contributed by atoms with Crippen LogP contribution in [0.3, 0.4) is 0 Å². The molecule has 0 bridgehead atoms. The van der Waals surface area contributed by atoms with Crippen molar-refractivity contribution in [2.45, 2.75) is 48.5 Å². The zero-order valence-corrected chi connectivity index (χ0v) is 18.8. The van der Waals surface area contributed by atoms with Gasteiger partial charge in [-0.15, -0.1) is 0 Å². The third kappa shape index (κ3) is 5.77. The van der Waals surface area contributed by atoms with E-state index < -0.39 is 40.2 Å². The Balaban J connectivity index is 1.49. The number of β-amino-alcohol motifs (C(OH)–C–C–N with tert-alkyl or cyclic N) is 1. The minimum absolute atomic E-state index is 0.0547. The average Bonchev–Trinajstić information content (AvgIpc) is 2.77. The standard InChI is InChI=1S/C23H27FN2O6S/c24-16-5-4-8-20(11-16)33(29,30)26-13-18(27)14-31-15-22-21(26)10-9-19(32-22)12-23(28)25-17-6-2-1-3-7-17/h1-8,11,18-19,21-22,27H,9-10,12-15H2,(H,25,28)/t18-,19-,21-,22+/m0/s1.